The Labute approximate surface area is 350 Å². The van der Waals surface area contributed by atoms with Crippen molar-refractivity contribution >= 4 is 120 Å². The fourth-order valence-corrected chi connectivity index (χ4v) is 12.4. The highest BCUT2D eigenvalue weighted by Crippen LogP contribution is 2.53. The van der Waals surface area contributed by atoms with E-state index in [1.165, 1.54) is 113 Å². The van der Waals surface area contributed by atoms with Gasteiger partial charge in [0.05, 0.1) is 22.1 Å². The summed E-state index contributed by atoms with van der Waals surface area (Å²) in [6.07, 6.45) is 0. The van der Waals surface area contributed by atoms with E-state index >= 15 is 0 Å². The van der Waals surface area contributed by atoms with Crippen LogP contribution in [0.3, 0.4) is 0 Å². The summed E-state index contributed by atoms with van der Waals surface area (Å²) in [5, 5.41) is 8.85. The van der Waals surface area contributed by atoms with E-state index in [0.717, 1.165) is 0 Å². The number of nitrogens with zero attached hydrogens (tertiary/aromatic N) is 2. The standard InChI is InChI=1S/C54H33BN2S2/c1-3-16-34(17-4-1)42-30-36-20-7-9-22-38(36)32-46(42)56-44-26-15-27-45-51(44)55(53-52(56)41-25-12-14-29-49(41)58-53)50-40-24-11-13-28-48(40)59-54(50)57(45)47-33-39-23-10-8-21-37(39)31-43(47)35-18-5-2-6-19-35/h1-33H. The first kappa shape index (κ1) is 33.1. The molecule has 0 spiro atoms. The smallest absolute Gasteiger partial charge is 0.266 e. The summed E-state index contributed by atoms with van der Waals surface area (Å²) in [7, 11) is 0. The molecule has 0 saturated carbocycles. The lowest BCUT2D eigenvalue weighted by Crippen LogP contribution is -2.60. The van der Waals surface area contributed by atoms with Crippen LogP contribution < -0.4 is 25.5 Å². The first-order valence-electron chi connectivity index (χ1n) is 20.2. The summed E-state index contributed by atoms with van der Waals surface area (Å²) in [4.78, 5) is 5.23. The summed E-state index contributed by atoms with van der Waals surface area (Å²) < 4.78 is 4.01. The van der Waals surface area contributed by atoms with Gasteiger partial charge in [-0.2, -0.15) is 0 Å². The number of anilines is 6. The fourth-order valence-electron chi connectivity index (χ4n) is 9.85. The van der Waals surface area contributed by atoms with Gasteiger partial charge in [0.25, 0.3) is 6.71 Å². The number of benzene rings is 9. The van der Waals surface area contributed by atoms with Crippen molar-refractivity contribution in [3.63, 3.8) is 0 Å². The van der Waals surface area contributed by atoms with Gasteiger partial charge in [0.2, 0.25) is 0 Å². The molecule has 2 aliphatic heterocycles. The number of rotatable bonds is 4. The van der Waals surface area contributed by atoms with Crippen molar-refractivity contribution in [1.82, 2.24) is 0 Å². The normalized spacial score (nSPS) is 13.0. The molecule has 0 saturated heterocycles. The second kappa shape index (κ2) is 12.8. The Bertz CT molecular complexity index is 3480. The van der Waals surface area contributed by atoms with Gasteiger partial charge in [0, 0.05) is 42.1 Å². The van der Waals surface area contributed by atoms with Gasteiger partial charge in [0.1, 0.15) is 0 Å². The molecule has 0 aliphatic carbocycles. The van der Waals surface area contributed by atoms with Crippen molar-refractivity contribution in [3.8, 4) is 22.3 Å². The highest BCUT2D eigenvalue weighted by Gasteiger charge is 2.47. The predicted octanol–water partition coefficient (Wildman–Crippen LogP) is 13.8. The molecule has 9 aromatic carbocycles. The molecular weight excluding hydrogens is 752 g/mol. The predicted molar refractivity (Wildman–Crippen MR) is 257 cm³/mol. The zero-order chi connectivity index (χ0) is 38.6. The van der Waals surface area contributed by atoms with Crippen molar-refractivity contribution in [2.45, 2.75) is 0 Å². The Balaban J connectivity index is 1.18. The summed E-state index contributed by atoms with van der Waals surface area (Å²) in [6.45, 7) is 0.0495. The number of thiophene rings is 2. The van der Waals surface area contributed by atoms with E-state index in [2.05, 4.69) is 210 Å². The Kier molecular flexibility index (Phi) is 7.18. The average molecular weight is 785 g/mol. The van der Waals surface area contributed by atoms with Gasteiger partial charge in [0.15, 0.2) is 0 Å². The maximum atomic E-state index is 2.62. The fraction of sp³-hybridized carbons (Fsp3) is 0. The topological polar surface area (TPSA) is 6.48 Å². The van der Waals surface area contributed by atoms with E-state index in [9.17, 15) is 0 Å². The highest BCUT2D eigenvalue weighted by molar-refractivity contribution is 7.35. The van der Waals surface area contributed by atoms with E-state index in [0.29, 0.717) is 0 Å². The molecule has 274 valence electrons. The van der Waals surface area contributed by atoms with E-state index in [1.807, 2.05) is 22.7 Å². The lowest BCUT2D eigenvalue weighted by Gasteiger charge is -2.42. The maximum Gasteiger partial charge on any atom is 0.266 e. The van der Waals surface area contributed by atoms with Crippen molar-refractivity contribution in [2.24, 2.45) is 0 Å². The van der Waals surface area contributed by atoms with Crippen LogP contribution in [0.1, 0.15) is 0 Å². The Morgan fingerprint density at radius 1 is 0.356 bits per heavy atom. The molecule has 5 heteroatoms. The minimum Gasteiger partial charge on any atom is -0.309 e. The van der Waals surface area contributed by atoms with Gasteiger partial charge >= 0.3 is 0 Å². The minimum absolute atomic E-state index is 0.0495. The van der Waals surface area contributed by atoms with Crippen LogP contribution in [0.25, 0.3) is 64.0 Å². The van der Waals surface area contributed by atoms with Crippen LogP contribution in [0.5, 0.6) is 0 Å². The molecule has 0 radical (unpaired) electrons. The van der Waals surface area contributed by atoms with E-state index in [-0.39, 0.29) is 6.71 Å². The summed E-state index contributed by atoms with van der Waals surface area (Å²) >= 11 is 3.88. The first-order chi connectivity index (χ1) is 29.3. The largest absolute Gasteiger partial charge is 0.309 e. The zero-order valence-electron chi connectivity index (χ0n) is 31.8. The molecule has 0 atom stereocenters. The van der Waals surface area contributed by atoms with Crippen LogP contribution in [-0.4, -0.2) is 6.71 Å². The van der Waals surface area contributed by atoms with Crippen molar-refractivity contribution < 1.29 is 0 Å². The maximum absolute atomic E-state index is 2.62. The van der Waals surface area contributed by atoms with Gasteiger partial charge in [-0.25, -0.2) is 0 Å². The monoisotopic (exact) mass is 784 g/mol. The van der Waals surface area contributed by atoms with E-state index in [4.69, 9.17) is 0 Å². The second-order valence-electron chi connectivity index (χ2n) is 15.6. The second-order valence-corrected chi connectivity index (χ2v) is 17.7. The molecule has 0 N–H and O–H groups in total. The third-order valence-corrected chi connectivity index (χ3v) is 14.8. The number of fused-ring (bicyclic) bond motifs is 10. The molecule has 4 heterocycles. The van der Waals surface area contributed by atoms with Crippen molar-refractivity contribution in [3.05, 3.63) is 200 Å². The summed E-state index contributed by atoms with van der Waals surface area (Å²) in [5.74, 6) is 0. The number of hydrogen-bond acceptors (Lipinski definition) is 4. The Hall–Kier alpha value is -6.92. The molecular formula is C54H33BN2S2. The Morgan fingerprint density at radius 3 is 1.44 bits per heavy atom. The van der Waals surface area contributed by atoms with Crippen LogP contribution in [0, 0.1) is 0 Å². The molecule has 59 heavy (non-hydrogen) atoms. The molecule has 2 aliphatic rings. The molecule has 13 rings (SSSR count). The van der Waals surface area contributed by atoms with Crippen molar-refractivity contribution in [1.29, 1.82) is 0 Å². The molecule has 0 bridgehead atoms. The van der Waals surface area contributed by atoms with Crippen LogP contribution in [-0.2, 0) is 0 Å². The molecule has 11 aromatic rings. The molecule has 0 fully saturated rings. The van der Waals surface area contributed by atoms with E-state index < -0.39 is 0 Å². The lowest BCUT2D eigenvalue weighted by molar-refractivity contribution is 1.29. The quantitative estimate of drug-likeness (QED) is 0.164. The average Bonchev–Trinajstić information content (AvgIpc) is 3.88. The van der Waals surface area contributed by atoms with Gasteiger partial charge < -0.3 is 9.80 Å². The third kappa shape index (κ3) is 4.86. The Morgan fingerprint density at radius 2 is 0.831 bits per heavy atom. The van der Waals surface area contributed by atoms with Gasteiger partial charge in [-0.1, -0.05) is 152 Å². The van der Waals surface area contributed by atoms with Crippen LogP contribution in [0.4, 0.5) is 33.4 Å². The summed E-state index contributed by atoms with van der Waals surface area (Å²) in [5.41, 5.74) is 13.7. The number of hydrogen-bond donors (Lipinski definition) is 0. The lowest BCUT2D eigenvalue weighted by atomic mass is 9.36. The van der Waals surface area contributed by atoms with Crippen LogP contribution in [0.2, 0.25) is 0 Å². The molecule has 2 aromatic heterocycles. The first-order valence-corrected chi connectivity index (χ1v) is 21.8. The van der Waals surface area contributed by atoms with Gasteiger partial charge in [-0.05, 0) is 97.5 Å². The van der Waals surface area contributed by atoms with Gasteiger partial charge in [-0.3, -0.25) is 0 Å². The zero-order valence-corrected chi connectivity index (χ0v) is 33.5. The summed E-state index contributed by atoms with van der Waals surface area (Å²) in [6, 6.07) is 74.2. The molecule has 0 amide bonds. The SMILES string of the molecule is c1ccc(-c2cc3ccccc3cc2N2c3cccc4c3B(c3sc5ccccc5c3N4c3cc4ccccc4cc3-c3ccccc3)c3c2sc2ccccc32)cc1. The minimum atomic E-state index is 0.0495. The molecule has 2 nitrogen and oxygen atoms in total. The van der Waals surface area contributed by atoms with Crippen LogP contribution >= 0.6 is 22.7 Å². The highest BCUT2D eigenvalue weighted by atomic mass is 32.1. The van der Waals surface area contributed by atoms with Crippen LogP contribution in [0.15, 0.2) is 200 Å². The molecule has 0 unspecified atom stereocenters. The van der Waals surface area contributed by atoms with E-state index in [1.54, 1.807) is 0 Å². The van der Waals surface area contributed by atoms with Crippen molar-refractivity contribution in [2.75, 3.05) is 9.80 Å². The van der Waals surface area contributed by atoms with Gasteiger partial charge in [-0.15, -0.1) is 22.7 Å². The third-order valence-electron chi connectivity index (χ3n) is 12.4.